The first-order valence-electron chi connectivity index (χ1n) is 7.17. The summed E-state index contributed by atoms with van der Waals surface area (Å²) in [6.07, 6.45) is 7.01. The van der Waals surface area contributed by atoms with E-state index in [1.165, 1.54) is 19.3 Å². The van der Waals surface area contributed by atoms with Gasteiger partial charge in [0.05, 0.1) is 18.6 Å². The maximum atomic E-state index is 12.2. The van der Waals surface area contributed by atoms with Crippen LogP contribution >= 0.6 is 0 Å². The molecule has 0 aromatic carbocycles. The van der Waals surface area contributed by atoms with Crippen molar-refractivity contribution in [1.82, 2.24) is 5.32 Å². The van der Waals surface area contributed by atoms with Gasteiger partial charge in [0.1, 0.15) is 0 Å². The molecule has 2 saturated carbocycles. The van der Waals surface area contributed by atoms with Crippen molar-refractivity contribution < 1.29 is 14.3 Å². The Morgan fingerprint density at radius 2 is 2.22 bits per heavy atom. The summed E-state index contributed by atoms with van der Waals surface area (Å²) in [5.74, 6) is 0.262. The third kappa shape index (κ3) is 1.86. The Kier molecular flexibility index (Phi) is 3.32. The van der Waals surface area contributed by atoms with Crippen LogP contribution in [0, 0.1) is 11.3 Å². The second-order valence-electron chi connectivity index (χ2n) is 6.02. The van der Waals surface area contributed by atoms with Crippen LogP contribution in [0.5, 0.6) is 0 Å². The monoisotopic (exact) mass is 253 g/mol. The lowest BCUT2D eigenvalue weighted by Gasteiger charge is -2.60. The van der Waals surface area contributed by atoms with Crippen LogP contribution in [0.3, 0.4) is 0 Å². The Bertz CT molecular complexity index is 321. The van der Waals surface area contributed by atoms with Crippen molar-refractivity contribution >= 4 is 5.91 Å². The van der Waals surface area contributed by atoms with Gasteiger partial charge >= 0.3 is 0 Å². The molecule has 2 aliphatic carbocycles. The Balaban J connectivity index is 1.55. The van der Waals surface area contributed by atoms with Gasteiger partial charge in [-0.3, -0.25) is 4.79 Å². The second-order valence-corrected chi connectivity index (χ2v) is 6.02. The van der Waals surface area contributed by atoms with Crippen molar-refractivity contribution in [3.8, 4) is 0 Å². The molecule has 18 heavy (non-hydrogen) atoms. The number of amides is 1. The zero-order chi connectivity index (χ0) is 12.6. The SMILES string of the molecule is CO[C@@H]1C[C@@H](NC(=O)[C@H]2CCCOC2)C12CCC2. The molecular weight excluding hydrogens is 230 g/mol. The van der Waals surface area contributed by atoms with Gasteiger partial charge in [0, 0.05) is 25.2 Å². The number of methoxy groups -OCH3 is 1. The quantitative estimate of drug-likeness (QED) is 0.829. The average Bonchev–Trinajstić information content (AvgIpc) is 2.32. The van der Waals surface area contributed by atoms with Crippen molar-refractivity contribution in [1.29, 1.82) is 0 Å². The molecule has 1 spiro atoms. The molecule has 1 saturated heterocycles. The van der Waals surface area contributed by atoms with Crippen LogP contribution in [0.1, 0.15) is 38.5 Å². The summed E-state index contributed by atoms with van der Waals surface area (Å²) in [5, 5.41) is 3.24. The number of hydrogen-bond donors (Lipinski definition) is 1. The molecule has 0 aromatic rings. The molecule has 0 radical (unpaired) electrons. The molecule has 1 heterocycles. The third-order valence-electron chi connectivity index (χ3n) is 5.20. The van der Waals surface area contributed by atoms with E-state index in [4.69, 9.17) is 9.47 Å². The van der Waals surface area contributed by atoms with Crippen LogP contribution in [-0.2, 0) is 14.3 Å². The normalized spacial score (nSPS) is 37.7. The molecule has 0 unspecified atom stereocenters. The van der Waals surface area contributed by atoms with Gasteiger partial charge in [0.15, 0.2) is 0 Å². The number of rotatable bonds is 3. The highest BCUT2D eigenvalue weighted by atomic mass is 16.5. The van der Waals surface area contributed by atoms with Crippen molar-refractivity contribution in [2.45, 2.75) is 50.7 Å². The summed E-state index contributed by atoms with van der Waals surface area (Å²) in [7, 11) is 1.79. The molecule has 3 atom stereocenters. The Labute approximate surface area is 108 Å². The molecule has 0 aromatic heterocycles. The molecule has 1 amide bonds. The summed E-state index contributed by atoms with van der Waals surface area (Å²) in [4.78, 5) is 12.2. The van der Waals surface area contributed by atoms with Gasteiger partial charge in [-0.05, 0) is 32.1 Å². The summed E-state index contributed by atoms with van der Waals surface area (Å²) in [6.45, 7) is 1.40. The lowest BCUT2D eigenvalue weighted by molar-refractivity contribution is -0.168. The minimum atomic E-state index is 0.0671. The number of ether oxygens (including phenoxy) is 2. The van der Waals surface area contributed by atoms with E-state index < -0.39 is 0 Å². The van der Waals surface area contributed by atoms with Crippen molar-refractivity contribution in [2.75, 3.05) is 20.3 Å². The Hall–Kier alpha value is -0.610. The molecule has 102 valence electrons. The Morgan fingerprint density at radius 1 is 1.39 bits per heavy atom. The average molecular weight is 253 g/mol. The molecule has 3 fully saturated rings. The van der Waals surface area contributed by atoms with Crippen LogP contribution in [0.4, 0.5) is 0 Å². The van der Waals surface area contributed by atoms with E-state index in [0.29, 0.717) is 18.8 Å². The lowest BCUT2D eigenvalue weighted by atomic mass is 9.51. The molecule has 3 rings (SSSR count). The van der Waals surface area contributed by atoms with Gasteiger partial charge < -0.3 is 14.8 Å². The highest BCUT2D eigenvalue weighted by Crippen LogP contribution is 2.57. The van der Waals surface area contributed by atoms with Crippen LogP contribution in [-0.4, -0.2) is 38.4 Å². The predicted octanol–water partition coefficient (Wildman–Crippen LogP) is 1.49. The number of carbonyl (C=O) groups is 1. The summed E-state index contributed by atoms with van der Waals surface area (Å²) in [6, 6.07) is 0.339. The van der Waals surface area contributed by atoms with E-state index in [9.17, 15) is 4.79 Å². The number of carbonyl (C=O) groups excluding carboxylic acids is 1. The van der Waals surface area contributed by atoms with Crippen LogP contribution in [0.25, 0.3) is 0 Å². The third-order valence-corrected chi connectivity index (χ3v) is 5.20. The minimum absolute atomic E-state index is 0.0671. The lowest BCUT2D eigenvalue weighted by Crippen LogP contribution is -2.68. The fraction of sp³-hybridized carbons (Fsp3) is 0.929. The zero-order valence-electron chi connectivity index (χ0n) is 11.1. The van der Waals surface area contributed by atoms with Gasteiger partial charge in [-0.2, -0.15) is 0 Å². The summed E-state index contributed by atoms with van der Waals surface area (Å²) < 4.78 is 10.9. The highest BCUT2D eigenvalue weighted by molar-refractivity contribution is 5.79. The first-order valence-corrected chi connectivity index (χ1v) is 7.17. The second kappa shape index (κ2) is 4.82. The van der Waals surface area contributed by atoms with Crippen molar-refractivity contribution in [3.63, 3.8) is 0 Å². The first-order chi connectivity index (χ1) is 8.76. The molecule has 0 bridgehead atoms. The maximum Gasteiger partial charge on any atom is 0.225 e. The van der Waals surface area contributed by atoms with Gasteiger partial charge in [0.2, 0.25) is 5.91 Å². The van der Waals surface area contributed by atoms with Gasteiger partial charge in [-0.1, -0.05) is 6.42 Å². The van der Waals surface area contributed by atoms with E-state index in [0.717, 1.165) is 25.9 Å². The van der Waals surface area contributed by atoms with Gasteiger partial charge in [-0.25, -0.2) is 0 Å². The molecule has 1 aliphatic heterocycles. The fourth-order valence-corrected chi connectivity index (χ4v) is 3.77. The topological polar surface area (TPSA) is 47.6 Å². The number of nitrogens with one attached hydrogen (secondary N) is 1. The summed E-state index contributed by atoms with van der Waals surface area (Å²) in [5.41, 5.74) is 0.264. The molecular formula is C14H23NO3. The van der Waals surface area contributed by atoms with E-state index >= 15 is 0 Å². The fourth-order valence-electron chi connectivity index (χ4n) is 3.77. The van der Waals surface area contributed by atoms with Crippen LogP contribution in [0.15, 0.2) is 0 Å². The van der Waals surface area contributed by atoms with Gasteiger partial charge in [0.25, 0.3) is 0 Å². The van der Waals surface area contributed by atoms with E-state index in [-0.39, 0.29) is 17.2 Å². The largest absolute Gasteiger partial charge is 0.381 e. The molecule has 4 heteroatoms. The maximum absolute atomic E-state index is 12.2. The number of hydrogen-bond acceptors (Lipinski definition) is 3. The van der Waals surface area contributed by atoms with E-state index in [1.807, 2.05) is 0 Å². The van der Waals surface area contributed by atoms with Gasteiger partial charge in [-0.15, -0.1) is 0 Å². The highest BCUT2D eigenvalue weighted by Gasteiger charge is 2.59. The van der Waals surface area contributed by atoms with E-state index in [1.54, 1.807) is 7.11 Å². The van der Waals surface area contributed by atoms with Crippen LogP contribution in [0.2, 0.25) is 0 Å². The predicted molar refractivity (Wildman–Crippen MR) is 67.2 cm³/mol. The zero-order valence-corrected chi connectivity index (χ0v) is 11.1. The van der Waals surface area contributed by atoms with Crippen molar-refractivity contribution in [3.05, 3.63) is 0 Å². The minimum Gasteiger partial charge on any atom is -0.381 e. The standard InChI is InChI=1S/C14H23NO3/c1-17-12-8-11(14(12)5-3-6-14)15-13(16)10-4-2-7-18-9-10/h10-12H,2-9H2,1H3,(H,15,16)/t10-,11+,12+/m0/s1. The van der Waals surface area contributed by atoms with Crippen molar-refractivity contribution in [2.24, 2.45) is 11.3 Å². The molecule has 4 nitrogen and oxygen atoms in total. The van der Waals surface area contributed by atoms with Crippen LogP contribution < -0.4 is 5.32 Å². The van der Waals surface area contributed by atoms with E-state index in [2.05, 4.69) is 5.32 Å². The smallest absolute Gasteiger partial charge is 0.225 e. The Morgan fingerprint density at radius 3 is 2.78 bits per heavy atom. The molecule has 3 aliphatic rings. The first kappa shape index (κ1) is 12.4. The summed E-state index contributed by atoms with van der Waals surface area (Å²) >= 11 is 0. The molecule has 1 N–H and O–H groups in total.